The predicted molar refractivity (Wildman–Crippen MR) is 45.8 cm³/mol. The van der Waals surface area contributed by atoms with Crippen LogP contribution in [0, 0.1) is 0 Å². The molecule has 0 saturated carbocycles. The smallest absolute Gasteiger partial charge is 0.184 e. The second-order valence-corrected chi connectivity index (χ2v) is 3.95. The molecule has 6 nitrogen and oxygen atoms in total. The van der Waals surface area contributed by atoms with E-state index in [2.05, 4.69) is 0 Å². The number of hydrogen-bond acceptors (Lipinski definition) is 6. The highest BCUT2D eigenvalue weighted by Gasteiger charge is 2.53. The molecule has 0 aromatic carbocycles. The van der Waals surface area contributed by atoms with E-state index < -0.39 is 12.4 Å². The average molecular weight is 218 g/mol. The van der Waals surface area contributed by atoms with Crippen LogP contribution in [0.3, 0.4) is 0 Å². The maximum atomic E-state index is 9.57. The number of rotatable bonds is 1. The molecule has 0 amide bonds. The zero-order valence-electron chi connectivity index (χ0n) is 8.37. The van der Waals surface area contributed by atoms with Gasteiger partial charge in [0.25, 0.3) is 0 Å². The van der Waals surface area contributed by atoms with Crippen LogP contribution in [0.15, 0.2) is 0 Å². The largest absolute Gasteiger partial charge is 0.366 e. The molecule has 15 heavy (non-hydrogen) atoms. The van der Waals surface area contributed by atoms with Crippen molar-refractivity contribution in [3.8, 4) is 0 Å². The maximum absolute atomic E-state index is 9.57. The van der Waals surface area contributed by atoms with Gasteiger partial charge in [-0.3, -0.25) is 0 Å². The third kappa shape index (κ3) is 1.57. The molecule has 0 aromatic heterocycles. The van der Waals surface area contributed by atoms with Crippen LogP contribution in [0.25, 0.3) is 0 Å². The third-order valence-corrected chi connectivity index (χ3v) is 2.97. The van der Waals surface area contributed by atoms with E-state index in [9.17, 15) is 5.11 Å². The normalized spacial score (nSPS) is 54.8. The Balaban J connectivity index is 1.71. The van der Waals surface area contributed by atoms with Crippen LogP contribution in [0.2, 0.25) is 0 Å². The molecular weight excluding hydrogens is 204 g/mol. The Kier molecular flexibility index (Phi) is 2.42. The third-order valence-electron chi connectivity index (χ3n) is 2.97. The lowest BCUT2D eigenvalue weighted by Crippen LogP contribution is -2.39. The summed E-state index contributed by atoms with van der Waals surface area (Å²) in [5, 5.41) is 9.57. The van der Waals surface area contributed by atoms with Gasteiger partial charge < -0.3 is 28.8 Å². The number of ether oxygens (including phenoxy) is 5. The molecule has 0 spiro atoms. The fraction of sp³-hybridized carbons (Fsp3) is 1.00. The van der Waals surface area contributed by atoms with Gasteiger partial charge in [-0.2, -0.15) is 0 Å². The predicted octanol–water partition coefficient (Wildman–Crippen LogP) is -0.794. The number of hydrogen-bond donors (Lipinski definition) is 1. The standard InChI is InChI=1S/C9H14O6/c1-4-11-2-5(14-4)6-7-8(9(10)15-6)13-3-12-7/h4-10H,2-3H2,1H3/t4?,5?,6-,7+,8+,9?/m1/s1. The van der Waals surface area contributed by atoms with Crippen LogP contribution >= 0.6 is 0 Å². The van der Waals surface area contributed by atoms with Gasteiger partial charge in [0.1, 0.15) is 31.2 Å². The highest BCUT2D eigenvalue weighted by Crippen LogP contribution is 2.34. The van der Waals surface area contributed by atoms with Crippen LogP contribution in [-0.2, 0) is 23.7 Å². The fourth-order valence-corrected chi connectivity index (χ4v) is 2.25. The minimum Gasteiger partial charge on any atom is -0.366 e. The summed E-state index contributed by atoms with van der Waals surface area (Å²) in [6.07, 6.45) is -2.30. The molecule has 0 radical (unpaired) electrons. The van der Waals surface area contributed by atoms with Crippen LogP contribution < -0.4 is 0 Å². The Morgan fingerprint density at radius 2 is 1.80 bits per heavy atom. The van der Waals surface area contributed by atoms with Crippen LogP contribution in [0.5, 0.6) is 0 Å². The van der Waals surface area contributed by atoms with Gasteiger partial charge in [-0.15, -0.1) is 0 Å². The summed E-state index contributed by atoms with van der Waals surface area (Å²) in [7, 11) is 0. The first-order valence-corrected chi connectivity index (χ1v) is 5.09. The monoisotopic (exact) mass is 218 g/mol. The van der Waals surface area contributed by atoms with Crippen molar-refractivity contribution in [3.05, 3.63) is 0 Å². The molecular formula is C9H14O6. The Morgan fingerprint density at radius 1 is 1.00 bits per heavy atom. The van der Waals surface area contributed by atoms with E-state index >= 15 is 0 Å². The second-order valence-electron chi connectivity index (χ2n) is 3.95. The molecule has 3 aliphatic heterocycles. The Morgan fingerprint density at radius 3 is 2.53 bits per heavy atom. The summed E-state index contributed by atoms with van der Waals surface area (Å²) in [4.78, 5) is 0. The highest BCUT2D eigenvalue weighted by atomic mass is 16.8. The molecule has 86 valence electrons. The van der Waals surface area contributed by atoms with Crippen molar-refractivity contribution >= 4 is 0 Å². The molecule has 0 aromatic rings. The van der Waals surface area contributed by atoms with E-state index in [4.69, 9.17) is 23.7 Å². The fourth-order valence-electron chi connectivity index (χ4n) is 2.25. The van der Waals surface area contributed by atoms with Crippen molar-refractivity contribution in [1.29, 1.82) is 0 Å². The topological polar surface area (TPSA) is 66.4 Å². The zero-order valence-corrected chi connectivity index (χ0v) is 8.37. The molecule has 1 N–H and O–H groups in total. The van der Waals surface area contributed by atoms with Crippen molar-refractivity contribution in [2.24, 2.45) is 0 Å². The Labute approximate surface area is 87.0 Å². The minimum absolute atomic E-state index is 0.189. The van der Waals surface area contributed by atoms with Crippen molar-refractivity contribution < 1.29 is 28.8 Å². The van der Waals surface area contributed by atoms with E-state index in [1.807, 2.05) is 6.92 Å². The summed E-state index contributed by atoms with van der Waals surface area (Å²) in [6, 6.07) is 0. The van der Waals surface area contributed by atoms with Crippen molar-refractivity contribution in [1.82, 2.24) is 0 Å². The first-order valence-electron chi connectivity index (χ1n) is 5.09. The highest BCUT2D eigenvalue weighted by molar-refractivity contribution is 4.95. The molecule has 3 heterocycles. The number of fused-ring (bicyclic) bond motifs is 1. The van der Waals surface area contributed by atoms with Gasteiger partial charge in [0.2, 0.25) is 0 Å². The Bertz CT molecular complexity index is 247. The molecule has 6 heteroatoms. The van der Waals surface area contributed by atoms with E-state index in [1.54, 1.807) is 0 Å². The van der Waals surface area contributed by atoms with Gasteiger partial charge in [0.05, 0.1) is 6.61 Å². The van der Waals surface area contributed by atoms with E-state index in [0.29, 0.717) is 6.61 Å². The van der Waals surface area contributed by atoms with Gasteiger partial charge in [0.15, 0.2) is 12.6 Å². The van der Waals surface area contributed by atoms with Crippen LogP contribution in [0.1, 0.15) is 6.92 Å². The van der Waals surface area contributed by atoms with Gasteiger partial charge in [-0.25, -0.2) is 0 Å². The molecule has 3 rings (SSSR count). The lowest BCUT2D eigenvalue weighted by atomic mass is 10.1. The lowest BCUT2D eigenvalue weighted by molar-refractivity contribution is -0.179. The summed E-state index contributed by atoms with van der Waals surface area (Å²) in [6.45, 7) is 2.50. The van der Waals surface area contributed by atoms with Crippen molar-refractivity contribution in [2.75, 3.05) is 13.4 Å². The maximum Gasteiger partial charge on any atom is 0.184 e. The Hall–Kier alpha value is -0.240. The molecule has 3 aliphatic rings. The quantitative estimate of drug-likeness (QED) is 0.622. The van der Waals surface area contributed by atoms with Gasteiger partial charge in [0, 0.05) is 0 Å². The van der Waals surface area contributed by atoms with Crippen LogP contribution in [-0.4, -0.2) is 55.5 Å². The lowest BCUT2D eigenvalue weighted by Gasteiger charge is -2.20. The number of aliphatic hydroxyl groups excluding tert-OH is 1. The minimum atomic E-state index is -0.929. The molecule has 3 unspecified atom stereocenters. The van der Waals surface area contributed by atoms with E-state index in [-0.39, 0.29) is 31.4 Å². The van der Waals surface area contributed by atoms with Gasteiger partial charge in [-0.1, -0.05) is 0 Å². The van der Waals surface area contributed by atoms with Crippen LogP contribution in [0.4, 0.5) is 0 Å². The molecule has 3 fully saturated rings. The van der Waals surface area contributed by atoms with E-state index in [1.165, 1.54) is 0 Å². The zero-order chi connectivity index (χ0) is 10.4. The summed E-state index contributed by atoms with van der Waals surface area (Å²) < 4.78 is 26.7. The van der Waals surface area contributed by atoms with Gasteiger partial charge >= 0.3 is 0 Å². The second kappa shape index (κ2) is 3.65. The summed E-state index contributed by atoms with van der Waals surface area (Å²) >= 11 is 0. The first-order chi connectivity index (χ1) is 7.25. The SMILES string of the molecule is CC1OCC([C@H]2OC(O)[C@H]3OCO[C@H]32)O1. The van der Waals surface area contributed by atoms with Crippen molar-refractivity contribution in [3.63, 3.8) is 0 Å². The van der Waals surface area contributed by atoms with E-state index in [0.717, 1.165) is 0 Å². The molecule has 0 bridgehead atoms. The summed E-state index contributed by atoms with van der Waals surface area (Å²) in [5.74, 6) is 0. The average Bonchev–Trinajstić information content (AvgIpc) is 2.84. The molecule has 3 saturated heterocycles. The number of aliphatic hydroxyl groups is 1. The first kappa shape index (κ1) is 9.95. The molecule has 0 aliphatic carbocycles. The molecule has 6 atom stereocenters. The van der Waals surface area contributed by atoms with Crippen molar-refractivity contribution in [2.45, 2.75) is 43.9 Å². The van der Waals surface area contributed by atoms with Gasteiger partial charge in [-0.05, 0) is 6.92 Å². The summed E-state index contributed by atoms with van der Waals surface area (Å²) in [5.41, 5.74) is 0.